The molecule has 6 heteroatoms. The molecule has 2 aliphatic rings. The van der Waals surface area contributed by atoms with Crippen LogP contribution in [0.1, 0.15) is 24.0 Å². The zero-order valence-electron chi connectivity index (χ0n) is 18.3. The third-order valence-corrected chi connectivity index (χ3v) is 6.84. The lowest BCUT2D eigenvalue weighted by Crippen LogP contribution is -2.39. The minimum absolute atomic E-state index is 0.0837. The summed E-state index contributed by atoms with van der Waals surface area (Å²) in [6.45, 7) is 3.99. The number of benzene rings is 2. The van der Waals surface area contributed by atoms with Gasteiger partial charge in [-0.15, -0.1) is 0 Å². The Morgan fingerprint density at radius 1 is 1.00 bits per heavy atom. The van der Waals surface area contributed by atoms with Crippen molar-refractivity contribution in [2.24, 2.45) is 0 Å². The summed E-state index contributed by atoms with van der Waals surface area (Å²) in [5.74, 6) is 0. The van der Waals surface area contributed by atoms with Crippen molar-refractivity contribution >= 4 is 16.5 Å². The van der Waals surface area contributed by atoms with Gasteiger partial charge in [0.25, 0.3) is 5.56 Å². The van der Waals surface area contributed by atoms with Gasteiger partial charge in [0.1, 0.15) is 6.17 Å². The lowest BCUT2D eigenvalue weighted by Gasteiger charge is -2.31. The summed E-state index contributed by atoms with van der Waals surface area (Å²) in [7, 11) is 0. The lowest BCUT2D eigenvalue weighted by molar-refractivity contribution is 0.0911. The summed E-state index contributed by atoms with van der Waals surface area (Å²) in [5, 5.41) is 12.2. The van der Waals surface area contributed by atoms with Gasteiger partial charge < -0.3 is 14.6 Å². The summed E-state index contributed by atoms with van der Waals surface area (Å²) in [4.78, 5) is 17.5. The summed E-state index contributed by atoms with van der Waals surface area (Å²) in [6, 6.07) is 16.2. The lowest BCUT2D eigenvalue weighted by atomic mass is 10.00. The molecule has 0 aliphatic carbocycles. The normalized spacial score (nSPS) is 18.6. The topological polar surface area (TPSA) is 48.7 Å². The van der Waals surface area contributed by atoms with Crippen LogP contribution in [0.5, 0.6) is 0 Å². The predicted molar refractivity (Wildman–Crippen MR) is 126 cm³/mol. The van der Waals surface area contributed by atoms with Crippen molar-refractivity contribution in [1.82, 2.24) is 9.47 Å². The van der Waals surface area contributed by atoms with Crippen LogP contribution in [0.25, 0.3) is 10.8 Å². The summed E-state index contributed by atoms with van der Waals surface area (Å²) in [5.41, 5.74) is 3.66. The molecular formula is C26H30FN3O2. The van der Waals surface area contributed by atoms with Gasteiger partial charge in [-0.05, 0) is 60.0 Å². The Kier molecular flexibility index (Phi) is 5.98. The van der Waals surface area contributed by atoms with Crippen LogP contribution >= 0.6 is 0 Å². The molecule has 3 aromatic rings. The number of aliphatic hydroxyl groups excluding tert-OH is 1. The van der Waals surface area contributed by atoms with Crippen molar-refractivity contribution in [2.75, 3.05) is 31.1 Å². The smallest absolute Gasteiger partial charge is 0.258 e. The van der Waals surface area contributed by atoms with Gasteiger partial charge >= 0.3 is 0 Å². The maximum absolute atomic E-state index is 13.4. The van der Waals surface area contributed by atoms with Gasteiger partial charge in [-0.1, -0.05) is 24.3 Å². The Labute approximate surface area is 187 Å². The standard InChI is InChI=1S/C26H30FN3O2/c27-22-9-13-29(14-10-22)23-5-6-25-20(15-23)8-12-30(26(25)32)18-24(31)17-28-11-7-19-3-1-2-4-21(19)16-28/h1-6,8,12,15,22,24,31H,7,9-11,13-14,16-18H2/t24-/m1/s1. The number of aliphatic hydroxyl groups is 1. The predicted octanol–water partition coefficient (Wildman–Crippen LogP) is 3.36. The van der Waals surface area contributed by atoms with Crippen molar-refractivity contribution < 1.29 is 9.50 Å². The van der Waals surface area contributed by atoms with E-state index in [-0.39, 0.29) is 12.1 Å². The van der Waals surface area contributed by atoms with E-state index in [0.29, 0.717) is 37.9 Å². The number of halogens is 1. The molecule has 1 aromatic heterocycles. The average Bonchev–Trinajstić information content (AvgIpc) is 2.81. The van der Waals surface area contributed by atoms with Gasteiger partial charge in [-0.3, -0.25) is 9.69 Å². The highest BCUT2D eigenvalue weighted by Gasteiger charge is 2.20. The van der Waals surface area contributed by atoms with Gasteiger partial charge in [0.05, 0.1) is 12.6 Å². The van der Waals surface area contributed by atoms with Crippen molar-refractivity contribution in [2.45, 2.75) is 44.6 Å². The van der Waals surface area contributed by atoms with Crippen LogP contribution in [0.2, 0.25) is 0 Å². The molecule has 5 rings (SSSR count). The Balaban J connectivity index is 1.27. The van der Waals surface area contributed by atoms with Crippen molar-refractivity contribution in [3.8, 4) is 0 Å². The fourth-order valence-electron chi connectivity index (χ4n) is 5.01. The molecule has 0 saturated carbocycles. The molecule has 32 heavy (non-hydrogen) atoms. The molecule has 1 atom stereocenters. The van der Waals surface area contributed by atoms with Crippen molar-refractivity contribution in [1.29, 1.82) is 0 Å². The Bertz CT molecular complexity index is 1150. The number of piperidine rings is 1. The Morgan fingerprint density at radius 2 is 1.78 bits per heavy atom. The number of aromatic nitrogens is 1. The third kappa shape index (κ3) is 4.43. The van der Waals surface area contributed by atoms with E-state index in [9.17, 15) is 14.3 Å². The highest BCUT2D eigenvalue weighted by molar-refractivity contribution is 5.85. The second kappa shape index (κ2) is 9.04. The molecule has 0 radical (unpaired) electrons. The number of pyridine rings is 1. The maximum Gasteiger partial charge on any atom is 0.258 e. The first kappa shape index (κ1) is 21.2. The van der Waals surface area contributed by atoms with Crippen LogP contribution in [0.15, 0.2) is 59.5 Å². The molecule has 1 N–H and O–H groups in total. The van der Waals surface area contributed by atoms with Crippen molar-refractivity contribution in [3.63, 3.8) is 0 Å². The first-order valence-electron chi connectivity index (χ1n) is 11.6. The monoisotopic (exact) mass is 435 g/mol. The van der Waals surface area contributed by atoms with Crippen LogP contribution in [0.4, 0.5) is 10.1 Å². The highest BCUT2D eigenvalue weighted by atomic mass is 19.1. The zero-order valence-corrected chi connectivity index (χ0v) is 18.3. The second-order valence-corrected chi connectivity index (χ2v) is 9.11. The molecule has 0 bridgehead atoms. The van der Waals surface area contributed by atoms with Crippen LogP contribution in [0, 0.1) is 0 Å². The third-order valence-electron chi connectivity index (χ3n) is 6.84. The minimum Gasteiger partial charge on any atom is -0.390 e. The van der Waals surface area contributed by atoms with E-state index in [0.717, 1.165) is 30.6 Å². The van der Waals surface area contributed by atoms with Gasteiger partial charge in [0.2, 0.25) is 0 Å². The molecule has 1 fully saturated rings. The average molecular weight is 436 g/mol. The van der Waals surface area contributed by atoms with E-state index in [1.165, 1.54) is 11.1 Å². The number of hydrogen-bond donors (Lipinski definition) is 1. The molecule has 0 unspecified atom stereocenters. The molecule has 2 aromatic carbocycles. The van der Waals surface area contributed by atoms with Gasteiger partial charge in [-0.25, -0.2) is 4.39 Å². The summed E-state index contributed by atoms with van der Waals surface area (Å²) < 4.78 is 15.1. The molecule has 168 valence electrons. The van der Waals surface area contributed by atoms with E-state index < -0.39 is 12.3 Å². The van der Waals surface area contributed by atoms with Crippen molar-refractivity contribution in [3.05, 3.63) is 76.2 Å². The fourth-order valence-corrected chi connectivity index (χ4v) is 5.01. The molecule has 3 heterocycles. The van der Waals surface area contributed by atoms with E-state index in [4.69, 9.17) is 0 Å². The minimum atomic E-state index is -0.704. The number of rotatable bonds is 5. The largest absolute Gasteiger partial charge is 0.390 e. The molecule has 1 saturated heterocycles. The van der Waals surface area contributed by atoms with E-state index >= 15 is 0 Å². The van der Waals surface area contributed by atoms with Crippen LogP contribution in [-0.4, -0.2) is 53.0 Å². The number of β-amino-alcohol motifs (C(OH)–C–C–N with tert-alkyl or cyclic N) is 1. The quantitative estimate of drug-likeness (QED) is 0.668. The number of alkyl halides is 1. The molecule has 2 aliphatic heterocycles. The fraction of sp³-hybridized carbons (Fsp3) is 0.423. The molecule has 0 spiro atoms. The molecular weight excluding hydrogens is 405 g/mol. The maximum atomic E-state index is 13.4. The first-order chi connectivity index (χ1) is 15.6. The first-order valence-corrected chi connectivity index (χ1v) is 11.6. The number of fused-ring (bicyclic) bond motifs is 2. The van der Waals surface area contributed by atoms with Gasteiger partial charge in [0, 0.05) is 50.0 Å². The van der Waals surface area contributed by atoms with Gasteiger partial charge in [0.15, 0.2) is 0 Å². The second-order valence-electron chi connectivity index (χ2n) is 9.11. The van der Waals surface area contributed by atoms with Crippen LogP contribution < -0.4 is 10.5 Å². The summed E-state index contributed by atoms with van der Waals surface area (Å²) >= 11 is 0. The number of nitrogens with zero attached hydrogens (tertiary/aromatic N) is 3. The summed E-state index contributed by atoms with van der Waals surface area (Å²) in [6.07, 6.45) is 2.56. The zero-order chi connectivity index (χ0) is 22.1. The van der Waals surface area contributed by atoms with Crippen LogP contribution in [0.3, 0.4) is 0 Å². The number of anilines is 1. The van der Waals surface area contributed by atoms with Gasteiger partial charge in [-0.2, -0.15) is 0 Å². The van der Waals surface area contributed by atoms with Crippen LogP contribution in [-0.2, 0) is 19.5 Å². The molecule has 5 nitrogen and oxygen atoms in total. The van der Waals surface area contributed by atoms with E-state index in [1.54, 1.807) is 10.8 Å². The number of hydrogen-bond acceptors (Lipinski definition) is 4. The Morgan fingerprint density at radius 3 is 2.59 bits per heavy atom. The SMILES string of the molecule is O=c1c2ccc(N3CCC(F)CC3)cc2ccn1C[C@H](O)CN1CCc2ccccc2C1. The highest BCUT2D eigenvalue weighted by Crippen LogP contribution is 2.24. The van der Waals surface area contributed by atoms with E-state index in [1.807, 2.05) is 24.3 Å². The molecule has 0 amide bonds. The Hall–Kier alpha value is -2.70. The van der Waals surface area contributed by atoms with E-state index in [2.05, 4.69) is 34.1 Å².